The SMILES string of the molecule is O=C(Cc1ccncc1)NC[C@@H]1CCO[C@H]1c1ccccc1. The van der Waals surface area contributed by atoms with Crippen LogP contribution in [-0.4, -0.2) is 24.0 Å². The summed E-state index contributed by atoms with van der Waals surface area (Å²) in [4.78, 5) is 16.0. The lowest BCUT2D eigenvalue weighted by Crippen LogP contribution is -2.31. The number of aromatic nitrogens is 1. The lowest BCUT2D eigenvalue weighted by molar-refractivity contribution is -0.120. The molecule has 0 bridgehead atoms. The predicted molar refractivity (Wildman–Crippen MR) is 84.2 cm³/mol. The van der Waals surface area contributed by atoms with Crippen LogP contribution < -0.4 is 5.32 Å². The Morgan fingerprint density at radius 3 is 2.73 bits per heavy atom. The van der Waals surface area contributed by atoms with Gasteiger partial charge in [0.25, 0.3) is 0 Å². The fraction of sp³-hybridized carbons (Fsp3) is 0.333. The Labute approximate surface area is 130 Å². The van der Waals surface area contributed by atoms with Gasteiger partial charge in [-0.1, -0.05) is 30.3 Å². The van der Waals surface area contributed by atoms with Crippen molar-refractivity contribution >= 4 is 5.91 Å². The summed E-state index contributed by atoms with van der Waals surface area (Å²) in [7, 11) is 0. The van der Waals surface area contributed by atoms with Crippen LogP contribution >= 0.6 is 0 Å². The van der Waals surface area contributed by atoms with Crippen LogP contribution in [0.2, 0.25) is 0 Å². The summed E-state index contributed by atoms with van der Waals surface area (Å²) in [5.74, 6) is 0.383. The minimum atomic E-state index is 0.0462. The number of nitrogens with one attached hydrogen (secondary N) is 1. The van der Waals surface area contributed by atoms with E-state index in [0.29, 0.717) is 18.9 Å². The molecule has 2 heterocycles. The number of carbonyl (C=O) groups excluding carboxylic acids is 1. The molecule has 0 radical (unpaired) electrons. The zero-order valence-corrected chi connectivity index (χ0v) is 12.4. The molecule has 1 saturated heterocycles. The number of rotatable bonds is 5. The summed E-state index contributed by atoms with van der Waals surface area (Å²) >= 11 is 0. The number of nitrogens with zero attached hydrogens (tertiary/aromatic N) is 1. The number of amides is 1. The Hall–Kier alpha value is -2.20. The molecule has 1 N–H and O–H groups in total. The van der Waals surface area contributed by atoms with Gasteiger partial charge in [-0.05, 0) is 29.7 Å². The van der Waals surface area contributed by atoms with Crippen LogP contribution in [-0.2, 0) is 16.0 Å². The second-order valence-corrected chi connectivity index (χ2v) is 5.59. The third-order valence-electron chi connectivity index (χ3n) is 4.02. The normalized spacial score (nSPS) is 20.7. The molecule has 3 rings (SSSR count). The van der Waals surface area contributed by atoms with E-state index in [0.717, 1.165) is 18.6 Å². The molecule has 4 heteroatoms. The molecule has 0 spiro atoms. The molecule has 2 aromatic rings. The maximum Gasteiger partial charge on any atom is 0.224 e. The van der Waals surface area contributed by atoms with Gasteiger partial charge >= 0.3 is 0 Å². The molecule has 1 aliphatic heterocycles. The fourth-order valence-corrected chi connectivity index (χ4v) is 2.85. The van der Waals surface area contributed by atoms with Gasteiger partial charge in [0.2, 0.25) is 5.91 Å². The molecule has 1 fully saturated rings. The van der Waals surface area contributed by atoms with E-state index in [4.69, 9.17) is 4.74 Å². The van der Waals surface area contributed by atoms with E-state index in [2.05, 4.69) is 22.4 Å². The first-order valence-corrected chi connectivity index (χ1v) is 7.65. The van der Waals surface area contributed by atoms with Crippen molar-refractivity contribution < 1.29 is 9.53 Å². The van der Waals surface area contributed by atoms with Gasteiger partial charge in [-0.25, -0.2) is 0 Å². The number of pyridine rings is 1. The molecule has 114 valence electrons. The monoisotopic (exact) mass is 296 g/mol. The molecular formula is C18H20N2O2. The van der Waals surface area contributed by atoms with Gasteiger partial charge in [0.05, 0.1) is 12.5 Å². The Bertz CT molecular complexity index is 601. The van der Waals surface area contributed by atoms with E-state index < -0.39 is 0 Å². The summed E-state index contributed by atoms with van der Waals surface area (Å²) in [6, 6.07) is 14.0. The van der Waals surface area contributed by atoms with Crippen molar-refractivity contribution in [3.63, 3.8) is 0 Å². The largest absolute Gasteiger partial charge is 0.373 e. The summed E-state index contributed by atoms with van der Waals surface area (Å²) in [6.45, 7) is 1.41. The highest BCUT2D eigenvalue weighted by molar-refractivity contribution is 5.78. The van der Waals surface area contributed by atoms with Gasteiger partial charge in [0, 0.05) is 31.5 Å². The van der Waals surface area contributed by atoms with E-state index in [1.807, 2.05) is 30.3 Å². The molecule has 4 nitrogen and oxygen atoms in total. The first-order valence-electron chi connectivity index (χ1n) is 7.65. The van der Waals surface area contributed by atoms with E-state index >= 15 is 0 Å². The minimum absolute atomic E-state index is 0.0462. The number of carbonyl (C=O) groups is 1. The van der Waals surface area contributed by atoms with Crippen LogP contribution in [0.15, 0.2) is 54.9 Å². The highest BCUT2D eigenvalue weighted by atomic mass is 16.5. The second kappa shape index (κ2) is 7.18. The van der Waals surface area contributed by atoms with Crippen molar-refractivity contribution in [2.45, 2.75) is 18.9 Å². The van der Waals surface area contributed by atoms with Crippen molar-refractivity contribution in [3.8, 4) is 0 Å². The van der Waals surface area contributed by atoms with E-state index in [1.165, 1.54) is 5.56 Å². The zero-order chi connectivity index (χ0) is 15.2. The van der Waals surface area contributed by atoms with Crippen molar-refractivity contribution in [2.24, 2.45) is 5.92 Å². The lowest BCUT2D eigenvalue weighted by Gasteiger charge is -2.19. The Morgan fingerprint density at radius 2 is 1.95 bits per heavy atom. The Kier molecular flexibility index (Phi) is 4.81. The number of hydrogen-bond donors (Lipinski definition) is 1. The molecule has 22 heavy (non-hydrogen) atoms. The van der Waals surface area contributed by atoms with Crippen molar-refractivity contribution in [2.75, 3.05) is 13.2 Å². The van der Waals surface area contributed by atoms with Gasteiger partial charge in [-0.3, -0.25) is 9.78 Å². The number of ether oxygens (including phenoxy) is 1. The van der Waals surface area contributed by atoms with Crippen LogP contribution in [0.1, 0.15) is 23.7 Å². The smallest absolute Gasteiger partial charge is 0.224 e. The van der Waals surface area contributed by atoms with Crippen LogP contribution in [0.25, 0.3) is 0 Å². The van der Waals surface area contributed by atoms with Crippen LogP contribution in [0, 0.1) is 5.92 Å². The van der Waals surface area contributed by atoms with Crippen LogP contribution in [0.5, 0.6) is 0 Å². The number of hydrogen-bond acceptors (Lipinski definition) is 3. The standard InChI is InChI=1S/C18H20N2O2/c21-17(12-14-6-9-19-10-7-14)20-13-16-8-11-22-18(16)15-4-2-1-3-5-15/h1-7,9-10,16,18H,8,11-13H2,(H,20,21)/t16-,18-/m0/s1. The molecule has 1 aromatic heterocycles. The van der Waals surface area contributed by atoms with Crippen molar-refractivity contribution in [1.29, 1.82) is 0 Å². The molecule has 1 aliphatic rings. The molecule has 2 atom stereocenters. The first kappa shape index (κ1) is 14.7. The Balaban J connectivity index is 1.53. The number of benzene rings is 1. The Morgan fingerprint density at radius 1 is 1.18 bits per heavy atom. The topological polar surface area (TPSA) is 51.2 Å². The molecule has 1 aromatic carbocycles. The average Bonchev–Trinajstić information content (AvgIpc) is 3.03. The van der Waals surface area contributed by atoms with Gasteiger partial charge < -0.3 is 10.1 Å². The summed E-state index contributed by atoms with van der Waals surface area (Å²) in [5, 5.41) is 3.03. The van der Waals surface area contributed by atoms with Gasteiger partial charge in [0.15, 0.2) is 0 Å². The lowest BCUT2D eigenvalue weighted by atomic mass is 9.95. The highest BCUT2D eigenvalue weighted by Crippen LogP contribution is 2.33. The molecule has 1 amide bonds. The molecule has 0 unspecified atom stereocenters. The summed E-state index contributed by atoms with van der Waals surface area (Å²) < 4.78 is 5.84. The quantitative estimate of drug-likeness (QED) is 0.922. The van der Waals surface area contributed by atoms with Crippen molar-refractivity contribution in [1.82, 2.24) is 10.3 Å². The van der Waals surface area contributed by atoms with E-state index in [1.54, 1.807) is 12.4 Å². The van der Waals surface area contributed by atoms with Gasteiger partial charge in [-0.15, -0.1) is 0 Å². The van der Waals surface area contributed by atoms with Crippen molar-refractivity contribution in [3.05, 3.63) is 66.0 Å². The highest BCUT2D eigenvalue weighted by Gasteiger charge is 2.29. The average molecular weight is 296 g/mol. The summed E-state index contributed by atoms with van der Waals surface area (Å²) in [6.07, 6.45) is 4.88. The van der Waals surface area contributed by atoms with Crippen LogP contribution in [0.3, 0.4) is 0 Å². The van der Waals surface area contributed by atoms with Gasteiger partial charge in [0.1, 0.15) is 0 Å². The molecular weight excluding hydrogens is 276 g/mol. The fourth-order valence-electron chi connectivity index (χ4n) is 2.85. The molecule has 0 saturated carbocycles. The predicted octanol–water partition coefficient (Wildman–Crippen LogP) is 2.52. The minimum Gasteiger partial charge on any atom is -0.373 e. The van der Waals surface area contributed by atoms with Gasteiger partial charge in [-0.2, -0.15) is 0 Å². The van der Waals surface area contributed by atoms with E-state index in [9.17, 15) is 4.79 Å². The maximum absolute atomic E-state index is 12.0. The summed E-state index contributed by atoms with van der Waals surface area (Å²) in [5.41, 5.74) is 2.17. The van der Waals surface area contributed by atoms with E-state index in [-0.39, 0.29) is 12.0 Å². The van der Waals surface area contributed by atoms with Crippen LogP contribution in [0.4, 0.5) is 0 Å². The zero-order valence-electron chi connectivity index (χ0n) is 12.4. The third kappa shape index (κ3) is 3.71. The molecule has 0 aliphatic carbocycles. The third-order valence-corrected chi connectivity index (χ3v) is 4.02. The first-order chi connectivity index (χ1) is 10.8. The second-order valence-electron chi connectivity index (χ2n) is 5.59. The maximum atomic E-state index is 12.0.